The molecule has 1 aromatic rings. The number of nitrogens with zero attached hydrogens (tertiary/aromatic N) is 1. The van der Waals surface area contributed by atoms with Crippen LogP contribution < -0.4 is 9.47 Å². The maximum absolute atomic E-state index is 12.1. The lowest BCUT2D eigenvalue weighted by atomic mass is 9.86. The van der Waals surface area contributed by atoms with Crippen molar-refractivity contribution < 1.29 is 19.0 Å². The topological polar surface area (TPSA) is 48.0 Å². The molecule has 5 nitrogen and oxygen atoms in total. The molecule has 2 aliphatic heterocycles. The van der Waals surface area contributed by atoms with Crippen molar-refractivity contribution in [3.8, 4) is 11.5 Å². The summed E-state index contributed by atoms with van der Waals surface area (Å²) in [5.74, 6) is 1.30. The molecule has 0 N–H and O–H groups in total. The average molecular weight is 317 g/mol. The van der Waals surface area contributed by atoms with Gasteiger partial charge in [0.25, 0.3) is 0 Å². The van der Waals surface area contributed by atoms with Gasteiger partial charge in [0.2, 0.25) is 0 Å². The highest BCUT2D eigenvalue weighted by molar-refractivity contribution is 5.88. The number of esters is 1. The van der Waals surface area contributed by atoms with Crippen molar-refractivity contribution in [3.05, 3.63) is 34.9 Å². The fourth-order valence-electron chi connectivity index (χ4n) is 3.45. The first-order chi connectivity index (χ1) is 11.2. The van der Waals surface area contributed by atoms with Gasteiger partial charge in [0.15, 0.2) is 11.5 Å². The van der Waals surface area contributed by atoms with E-state index in [9.17, 15) is 4.79 Å². The number of carbonyl (C=O) groups excluding carboxylic acids is 1. The van der Waals surface area contributed by atoms with E-state index >= 15 is 0 Å². The molecular weight excluding hydrogens is 294 g/mol. The molecule has 2 heterocycles. The van der Waals surface area contributed by atoms with E-state index in [0.717, 1.165) is 36.6 Å². The van der Waals surface area contributed by atoms with E-state index in [-0.39, 0.29) is 12.0 Å². The number of benzene rings is 1. The standard InChI is InChI=1S/C18H23NO4/c1-4-23-18(20)13-6-8-19-7-5-12-10-16(21-2)17(22-3)11-14(12)15(19)9-13/h6,10-11,15H,4-5,7-9H2,1-3H3/t15-/m0/s1. The minimum absolute atomic E-state index is 0.195. The Balaban J connectivity index is 1.93. The highest BCUT2D eigenvalue weighted by Crippen LogP contribution is 2.41. The Labute approximate surface area is 136 Å². The van der Waals surface area contributed by atoms with E-state index in [1.165, 1.54) is 11.1 Å². The molecule has 0 saturated carbocycles. The zero-order chi connectivity index (χ0) is 16.4. The predicted molar refractivity (Wildman–Crippen MR) is 86.9 cm³/mol. The number of rotatable bonds is 4. The number of hydrogen-bond acceptors (Lipinski definition) is 5. The van der Waals surface area contributed by atoms with Crippen LogP contribution in [0.2, 0.25) is 0 Å². The number of methoxy groups -OCH3 is 2. The van der Waals surface area contributed by atoms with E-state index in [1.807, 2.05) is 13.0 Å². The largest absolute Gasteiger partial charge is 0.493 e. The highest BCUT2D eigenvalue weighted by Gasteiger charge is 2.33. The molecule has 0 aromatic heterocycles. The van der Waals surface area contributed by atoms with Crippen molar-refractivity contribution in [1.29, 1.82) is 0 Å². The van der Waals surface area contributed by atoms with Crippen LogP contribution in [0.5, 0.6) is 11.5 Å². The molecule has 3 rings (SSSR count). The van der Waals surface area contributed by atoms with Gasteiger partial charge in [0.05, 0.1) is 20.8 Å². The van der Waals surface area contributed by atoms with Gasteiger partial charge in [0.1, 0.15) is 0 Å². The summed E-state index contributed by atoms with van der Waals surface area (Å²) in [6.07, 6.45) is 3.66. The third-order valence-electron chi connectivity index (χ3n) is 4.64. The van der Waals surface area contributed by atoms with E-state index in [0.29, 0.717) is 13.0 Å². The summed E-state index contributed by atoms with van der Waals surface area (Å²) >= 11 is 0. The third-order valence-corrected chi connectivity index (χ3v) is 4.64. The van der Waals surface area contributed by atoms with Gasteiger partial charge in [-0.3, -0.25) is 4.90 Å². The first-order valence-electron chi connectivity index (χ1n) is 8.03. The van der Waals surface area contributed by atoms with E-state index < -0.39 is 0 Å². The summed E-state index contributed by atoms with van der Waals surface area (Å²) in [5.41, 5.74) is 3.27. The fourth-order valence-corrected chi connectivity index (χ4v) is 3.45. The number of hydrogen-bond donors (Lipinski definition) is 0. The lowest BCUT2D eigenvalue weighted by Crippen LogP contribution is -2.39. The molecular formula is C18H23NO4. The maximum Gasteiger partial charge on any atom is 0.333 e. The molecule has 0 saturated heterocycles. The Morgan fingerprint density at radius 3 is 2.70 bits per heavy atom. The van der Waals surface area contributed by atoms with Crippen LogP contribution in [0.25, 0.3) is 0 Å². The van der Waals surface area contributed by atoms with Gasteiger partial charge in [-0.05, 0) is 43.0 Å². The number of fused-ring (bicyclic) bond motifs is 3. The van der Waals surface area contributed by atoms with Crippen molar-refractivity contribution >= 4 is 5.97 Å². The molecule has 0 bridgehead atoms. The molecule has 0 unspecified atom stereocenters. The summed E-state index contributed by atoms with van der Waals surface area (Å²) in [7, 11) is 3.30. The molecule has 5 heteroatoms. The second-order valence-electron chi connectivity index (χ2n) is 5.82. The van der Waals surface area contributed by atoms with E-state index in [2.05, 4.69) is 17.0 Å². The Morgan fingerprint density at radius 1 is 1.26 bits per heavy atom. The van der Waals surface area contributed by atoms with Crippen LogP contribution in [-0.4, -0.2) is 44.8 Å². The van der Waals surface area contributed by atoms with E-state index in [4.69, 9.17) is 14.2 Å². The number of carbonyl (C=O) groups is 1. The van der Waals surface area contributed by atoms with Gasteiger partial charge in [0, 0.05) is 24.7 Å². The highest BCUT2D eigenvalue weighted by atomic mass is 16.5. The van der Waals surface area contributed by atoms with Gasteiger partial charge >= 0.3 is 5.97 Å². The summed E-state index contributed by atoms with van der Waals surface area (Å²) in [4.78, 5) is 14.5. The molecule has 23 heavy (non-hydrogen) atoms. The molecule has 0 aliphatic carbocycles. The number of ether oxygens (including phenoxy) is 3. The molecule has 0 spiro atoms. The second-order valence-corrected chi connectivity index (χ2v) is 5.82. The zero-order valence-electron chi connectivity index (χ0n) is 13.9. The molecule has 124 valence electrons. The van der Waals surface area contributed by atoms with Gasteiger partial charge in [-0.2, -0.15) is 0 Å². The molecule has 0 radical (unpaired) electrons. The lowest BCUT2D eigenvalue weighted by molar-refractivity contribution is -0.139. The smallest absolute Gasteiger partial charge is 0.333 e. The Morgan fingerprint density at radius 2 is 2.00 bits per heavy atom. The molecule has 0 fully saturated rings. The summed E-state index contributed by atoms with van der Waals surface area (Å²) in [6.45, 7) is 4.01. The van der Waals surface area contributed by atoms with Gasteiger partial charge in [-0.1, -0.05) is 6.08 Å². The van der Waals surface area contributed by atoms with Gasteiger partial charge in [-0.15, -0.1) is 0 Å². The van der Waals surface area contributed by atoms with Crippen molar-refractivity contribution in [3.63, 3.8) is 0 Å². The van der Waals surface area contributed by atoms with Crippen LogP contribution in [0.1, 0.15) is 30.5 Å². The normalized spacial score (nSPS) is 20.1. The van der Waals surface area contributed by atoms with Crippen molar-refractivity contribution in [1.82, 2.24) is 4.90 Å². The van der Waals surface area contributed by atoms with Crippen molar-refractivity contribution in [2.24, 2.45) is 0 Å². The Kier molecular flexibility index (Phi) is 4.57. The van der Waals surface area contributed by atoms with E-state index in [1.54, 1.807) is 14.2 Å². The van der Waals surface area contributed by atoms with Crippen LogP contribution in [0, 0.1) is 0 Å². The fraction of sp³-hybridized carbons (Fsp3) is 0.500. The summed E-state index contributed by atoms with van der Waals surface area (Å²) in [6, 6.07) is 4.32. The average Bonchev–Trinajstić information content (AvgIpc) is 2.59. The summed E-state index contributed by atoms with van der Waals surface area (Å²) < 4.78 is 16.0. The molecule has 1 aromatic carbocycles. The molecule has 2 aliphatic rings. The van der Waals surface area contributed by atoms with Crippen LogP contribution in [-0.2, 0) is 16.0 Å². The zero-order valence-corrected chi connectivity index (χ0v) is 13.9. The molecule has 0 amide bonds. The minimum atomic E-state index is -0.195. The third kappa shape index (κ3) is 2.93. The Hall–Kier alpha value is -2.01. The van der Waals surface area contributed by atoms with Gasteiger partial charge < -0.3 is 14.2 Å². The summed E-state index contributed by atoms with van der Waals surface area (Å²) in [5, 5.41) is 0. The van der Waals surface area contributed by atoms with Crippen LogP contribution in [0.3, 0.4) is 0 Å². The molecule has 1 atom stereocenters. The quantitative estimate of drug-likeness (QED) is 0.799. The van der Waals surface area contributed by atoms with Crippen LogP contribution in [0.4, 0.5) is 0 Å². The first kappa shape index (κ1) is 15.9. The maximum atomic E-state index is 12.1. The van der Waals surface area contributed by atoms with Crippen molar-refractivity contribution in [2.45, 2.75) is 25.8 Å². The SMILES string of the molecule is CCOC(=O)C1=CCN2CCc3cc(OC)c(OC)cc3[C@@H]2C1. The predicted octanol–water partition coefficient (Wildman–Crippen LogP) is 2.50. The first-order valence-corrected chi connectivity index (χ1v) is 8.03. The second kappa shape index (κ2) is 6.62. The van der Waals surface area contributed by atoms with Gasteiger partial charge in [-0.25, -0.2) is 4.79 Å². The van der Waals surface area contributed by atoms with Crippen molar-refractivity contribution in [2.75, 3.05) is 33.9 Å². The Bertz CT molecular complexity index is 638. The minimum Gasteiger partial charge on any atom is -0.493 e. The van der Waals surface area contributed by atoms with Crippen LogP contribution in [0.15, 0.2) is 23.8 Å². The monoisotopic (exact) mass is 317 g/mol. The van der Waals surface area contributed by atoms with Crippen LogP contribution >= 0.6 is 0 Å². The lowest BCUT2D eigenvalue weighted by Gasteiger charge is -2.40.